The Morgan fingerprint density at radius 3 is 3.06 bits per heavy atom. The molecule has 4 heteroatoms. The predicted octanol–water partition coefficient (Wildman–Crippen LogP) is 2.55. The normalized spacial score (nSPS) is 23.2. The highest BCUT2D eigenvalue weighted by Crippen LogP contribution is 2.31. The number of piperidine rings is 1. The van der Waals surface area contributed by atoms with Crippen molar-refractivity contribution >= 4 is 21.6 Å². The number of halogens is 1. The first-order chi connectivity index (χ1) is 7.70. The third-order valence-electron chi connectivity index (χ3n) is 3.22. The molecule has 0 aliphatic carbocycles. The Kier molecular flexibility index (Phi) is 3.82. The number of rotatable bonds is 2. The van der Waals surface area contributed by atoms with E-state index in [0.29, 0.717) is 6.04 Å². The van der Waals surface area contributed by atoms with Crippen molar-refractivity contribution in [1.29, 1.82) is 0 Å². The van der Waals surface area contributed by atoms with Crippen molar-refractivity contribution < 1.29 is 0 Å². The summed E-state index contributed by atoms with van der Waals surface area (Å²) >= 11 is 3.56. The Bertz CT molecular complexity index is 354. The highest BCUT2D eigenvalue weighted by atomic mass is 79.9. The van der Waals surface area contributed by atoms with Gasteiger partial charge < -0.3 is 10.6 Å². The van der Waals surface area contributed by atoms with Gasteiger partial charge in [0.15, 0.2) is 0 Å². The van der Waals surface area contributed by atoms with Crippen LogP contribution in [0.2, 0.25) is 0 Å². The van der Waals surface area contributed by atoms with E-state index < -0.39 is 0 Å². The lowest BCUT2D eigenvalue weighted by atomic mass is 9.96. The summed E-state index contributed by atoms with van der Waals surface area (Å²) in [5, 5.41) is 0. The van der Waals surface area contributed by atoms with Gasteiger partial charge in [-0.15, -0.1) is 0 Å². The summed E-state index contributed by atoms with van der Waals surface area (Å²) in [6, 6.07) is 2.72. The van der Waals surface area contributed by atoms with Gasteiger partial charge in [0.1, 0.15) is 0 Å². The quantitative estimate of drug-likeness (QED) is 0.907. The van der Waals surface area contributed by atoms with Gasteiger partial charge in [-0.25, -0.2) is 0 Å². The largest absolute Gasteiger partial charge is 0.366 e. The molecule has 1 aromatic rings. The number of aromatic nitrogens is 1. The van der Waals surface area contributed by atoms with Crippen molar-refractivity contribution in [3.05, 3.63) is 22.9 Å². The van der Waals surface area contributed by atoms with Crippen molar-refractivity contribution in [2.24, 2.45) is 5.73 Å². The van der Waals surface area contributed by atoms with E-state index in [1.165, 1.54) is 24.9 Å². The van der Waals surface area contributed by atoms with Crippen LogP contribution >= 0.6 is 15.9 Å². The van der Waals surface area contributed by atoms with Crippen LogP contribution in [-0.2, 0) is 0 Å². The molecule has 2 heterocycles. The molecule has 3 nitrogen and oxygen atoms in total. The number of pyridine rings is 1. The Morgan fingerprint density at radius 2 is 2.38 bits per heavy atom. The number of hydrogen-bond acceptors (Lipinski definition) is 3. The second-order valence-electron chi connectivity index (χ2n) is 4.44. The maximum Gasteiger partial charge on any atom is 0.0592 e. The molecule has 16 heavy (non-hydrogen) atoms. The summed E-state index contributed by atoms with van der Waals surface area (Å²) in [6.07, 6.45) is 7.41. The lowest BCUT2D eigenvalue weighted by molar-refractivity contribution is 0.413. The first-order valence-corrected chi connectivity index (χ1v) is 6.61. The fourth-order valence-electron chi connectivity index (χ4n) is 2.40. The van der Waals surface area contributed by atoms with E-state index >= 15 is 0 Å². The molecule has 1 saturated heterocycles. The summed E-state index contributed by atoms with van der Waals surface area (Å²) in [4.78, 5) is 6.52. The number of anilines is 1. The van der Waals surface area contributed by atoms with Crippen LogP contribution in [0.25, 0.3) is 0 Å². The SMILES string of the molecule is CC(N)C1CCCCN1c1ccncc1Br. The molecule has 2 N–H and O–H groups in total. The molecule has 0 bridgehead atoms. The molecule has 1 aromatic heterocycles. The standard InChI is InChI=1S/C12H18BrN3/c1-9(14)11-4-2-3-7-16(11)12-5-6-15-8-10(12)13/h5-6,8-9,11H,2-4,7,14H2,1H3. The van der Waals surface area contributed by atoms with Gasteiger partial charge in [0, 0.05) is 31.0 Å². The Labute approximate surface area is 105 Å². The molecule has 0 saturated carbocycles. The average molecular weight is 284 g/mol. The fourth-order valence-corrected chi connectivity index (χ4v) is 2.88. The predicted molar refractivity (Wildman–Crippen MR) is 70.6 cm³/mol. The summed E-state index contributed by atoms with van der Waals surface area (Å²) in [5.74, 6) is 0. The van der Waals surface area contributed by atoms with Crippen LogP contribution in [0.5, 0.6) is 0 Å². The van der Waals surface area contributed by atoms with Crippen LogP contribution < -0.4 is 10.6 Å². The molecule has 0 aromatic carbocycles. The second-order valence-corrected chi connectivity index (χ2v) is 5.30. The van der Waals surface area contributed by atoms with Crippen molar-refractivity contribution in [2.75, 3.05) is 11.4 Å². The molecule has 2 unspecified atom stereocenters. The molecule has 0 radical (unpaired) electrons. The molecular weight excluding hydrogens is 266 g/mol. The maximum atomic E-state index is 6.07. The van der Waals surface area contributed by atoms with E-state index in [1.807, 2.05) is 12.4 Å². The van der Waals surface area contributed by atoms with E-state index in [4.69, 9.17) is 5.73 Å². The van der Waals surface area contributed by atoms with E-state index in [9.17, 15) is 0 Å². The summed E-state index contributed by atoms with van der Waals surface area (Å²) in [6.45, 7) is 3.19. The zero-order valence-corrected chi connectivity index (χ0v) is 11.2. The second kappa shape index (κ2) is 5.15. The summed E-state index contributed by atoms with van der Waals surface area (Å²) < 4.78 is 1.06. The Morgan fingerprint density at radius 1 is 1.56 bits per heavy atom. The fraction of sp³-hybridized carbons (Fsp3) is 0.583. The minimum atomic E-state index is 0.209. The van der Waals surface area contributed by atoms with Crippen molar-refractivity contribution in [3.8, 4) is 0 Å². The zero-order valence-electron chi connectivity index (χ0n) is 9.56. The van der Waals surface area contributed by atoms with Crippen LogP contribution in [0.1, 0.15) is 26.2 Å². The molecule has 2 atom stereocenters. The van der Waals surface area contributed by atoms with Crippen LogP contribution in [0, 0.1) is 0 Å². The van der Waals surface area contributed by atoms with Gasteiger partial charge in [-0.05, 0) is 48.2 Å². The van der Waals surface area contributed by atoms with E-state index in [2.05, 4.69) is 38.8 Å². The summed E-state index contributed by atoms with van der Waals surface area (Å²) in [7, 11) is 0. The van der Waals surface area contributed by atoms with Crippen LogP contribution in [0.3, 0.4) is 0 Å². The summed E-state index contributed by atoms with van der Waals surface area (Å²) in [5.41, 5.74) is 7.29. The minimum absolute atomic E-state index is 0.209. The zero-order chi connectivity index (χ0) is 11.5. The van der Waals surface area contributed by atoms with Gasteiger partial charge in [0.2, 0.25) is 0 Å². The molecule has 88 valence electrons. The third kappa shape index (κ3) is 2.38. The molecule has 1 aliphatic rings. The van der Waals surface area contributed by atoms with Crippen molar-refractivity contribution in [3.63, 3.8) is 0 Å². The number of nitrogens with two attached hydrogens (primary N) is 1. The van der Waals surface area contributed by atoms with Gasteiger partial charge in [-0.3, -0.25) is 4.98 Å². The lowest BCUT2D eigenvalue weighted by Crippen LogP contribution is -2.49. The minimum Gasteiger partial charge on any atom is -0.366 e. The van der Waals surface area contributed by atoms with Crippen molar-refractivity contribution in [1.82, 2.24) is 4.98 Å². The molecule has 1 aliphatic heterocycles. The van der Waals surface area contributed by atoms with E-state index in [-0.39, 0.29) is 6.04 Å². The van der Waals surface area contributed by atoms with Gasteiger partial charge in [-0.1, -0.05) is 0 Å². The van der Waals surface area contributed by atoms with Crippen molar-refractivity contribution in [2.45, 2.75) is 38.3 Å². The monoisotopic (exact) mass is 283 g/mol. The van der Waals surface area contributed by atoms with E-state index in [0.717, 1.165) is 11.0 Å². The average Bonchev–Trinajstić information content (AvgIpc) is 2.29. The first-order valence-electron chi connectivity index (χ1n) is 5.82. The van der Waals surface area contributed by atoms with Gasteiger partial charge in [-0.2, -0.15) is 0 Å². The highest BCUT2D eigenvalue weighted by molar-refractivity contribution is 9.10. The van der Waals surface area contributed by atoms with Gasteiger partial charge >= 0.3 is 0 Å². The highest BCUT2D eigenvalue weighted by Gasteiger charge is 2.26. The Balaban J connectivity index is 2.27. The first kappa shape index (κ1) is 11.9. The molecular formula is C12H18BrN3. The Hall–Kier alpha value is -0.610. The maximum absolute atomic E-state index is 6.07. The van der Waals surface area contributed by atoms with Crippen LogP contribution in [-0.4, -0.2) is 23.6 Å². The topological polar surface area (TPSA) is 42.1 Å². The van der Waals surface area contributed by atoms with Crippen LogP contribution in [0.4, 0.5) is 5.69 Å². The smallest absolute Gasteiger partial charge is 0.0592 e. The van der Waals surface area contributed by atoms with Gasteiger partial charge in [0.05, 0.1) is 10.2 Å². The molecule has 1 fully saturated rings. The molecule has 2 rings (SSSR count). The van der Waals surface area contributed by atoms with E-state index in [1.54, 1.807) is 0 Å². The number of hydrogen-bond donors (Lipinski definition) is 1. The van der Waals surface area contributed by atoms with Gasteiger partial charge in [0.25, 0.3) is 0 Å². The number of nitrogens with zero attached hydrogens (tertiary/aromatic N) is 2. The third-order valence-corrected chi connectivity index (χ3v) is 3.83. The lowest BCUT2D eigenvalue weighted by Gasteiger charge is -2.40. The van der Waals surface area contributed by atoms with Crippen LogP contribution in [0.15, 0.2) is 22.9 Å². The molecule has 0 amide bonds. The molecule has 0 spiro atoms.